The van der Waals surface area contributed by atoms with Crippen LogP contribution in [0.4, 0.5) is 0 Å². The number of carbonyl (C=O) groups excluding carboxylic acids is 1. The summed E-state index contributed by atoms with van der Waals surface area (Å²) in [6.45, 7) is 4.61. The van der Waals surface area contributed by atoms with E-state index in [-0.39, 0.29) is 22.5 Å². The predicted octanol–water partition coefficient (Wildman–Crippen LogP) is 3.46. The van der Waals surface area contributed by atoms with Crippen LogP contribution >= 0.6 is 0 Å². The lowest BCUT2D eigenvalue weighted by atomic mass is 9.42. The van der Waals surface area contributed by atoms with Crippen molar-refractivity contribution < 1.29 is 15.0 Å². The van der Waals surface area contributed by atoms with Crippen LogP contribution in [0.5, 0.6) is 0 Å². The molecule has 5 unspecified atom stereocenters. The van der Waals surface area contributed by atoms with Gasteiger partial charge in [0, 0.05) is 30.1 Å². The average Bonchev–Trinajstić information content (AvgIpc) is 3.54. The molecule has 0 aromatic carbocycles. The number of rotatable bonds is 2. The third kappa shape index (κ3) is 1.75. The van der Waals surface area contributed by atoms with Crippen LogP contribution in [0.15, 0.2) is 0 Å². The van der Waals surface area contributed by atoms with Crippen molar-refractivity contribution in [2.75, 3.05) is 0 Å². The van der Waals surface area contributed by atoms with Gasteiger partial charge in [0.05, 0.1) is 17.3 Å². The molecule has 4 heteroatoms. The van der Waals surface area contributed by atoms with E-state index in [2.05, 4.69) is 19.9 Å². The molecule has 0 aliphatic heterocycles. The summed E-state index contributed by atoms with van der Waals surface area (Å²) in [5, 5.41) is 32.7. The second-order valence-corrected chi connectivity index (χ2v) is 11.8. The van der Waals surface area contributed by atoms with Crippen LogP contribution in [0.2, 0.25) is 0 Å². The van der Waals surface area contributed by atoms with E-state index in [0.717, 1.165) is 32.1 Å². The van der Waals surface area contributed by atoms with Gasteiger partial charge < -0.3 is 10.2 Å². The summed E-state index contributed by atoms with van der Waals surface area (Å²) in [4.78, 5) is 12.2. The van der Waals surface area contributed by atoms with Gasteiger partial charge in [0.25, 0.3) is 0 Å². The van der Waals surface area contributed by atoms with Gasteiger partial charge in [0.2, 0.25) is 0 Å². The minimum absolute atomic E-state index is 0.0813. The Labute approximate surface area is 167 Å². The SMILES string of the molecule is C[C@]12CCC3C(C4C[C@H]4[C@]4(O)CC(=O)CC[C@]34C)C1[C@@H]1CC1[C@@]2(O)CCC#N. The summed E-state index contributed by atoms with van der Waals surface area (Å²) in [6.07, 6.45) is 7.16. The minimum atomic E-state index is -0.791. The molecule has 6 saturated carbocycles. The lowest BCUT2D eigenvalue weighted by Crippen LogP contribution is -2.65. The van der Waals surface area contributed by atoms with Crippen molar-refractivity contribution in [3.63, 3.8) is 0 Å². The number of carbonyl (C=O) groups is 1. The molecule has 4 nitrogen and oxygen atoms in total. The van der Waals surface area contributed by atoms with Gasteiger partial charge in [-0.1, -0.05) is 13.8 Å². The van der Waals surface area contributed by atoms with Gasteiger partial charge >= 0.3 is 0 Å². The van der Waals surface area contributed by atoms with Crippen molar-refractivity contribution in [2.45, 2.75) is 82.8 Å². The molecule has 0 saturated heterocycles. The van der Waals surface area contributed by atoms with Crippen molar-refractivity contribution in [3.05, 3.63) is 0 Å². The number of nitriles is 1. The molecule has 6 aliphatic carbocycles. The van der Waals surface area contributed by atoms with E-state index in [1.165, 1.54) is 0 Å². The van der Waals surface area contributed by atoms with Crippen LogP contribution in [0, 0.1) is 63.6 Å². The molecule has 152 valence electrons. The smallest absolute Gasteiger partial charge is 0.135 e. The van der Waals surface area contributed by atoms with Gasteiger partial charge in [-0.05, 0) is 80.0 Å². The molecule has 6 aliphatic rings. The zero-order valence-corrected chi connectivity index (χ0v) is 17.2. The van der Waals surface area contributed by atoms with E-state index < -0.39 is 11.2 Å². The van der Waals surface area contributed by atoms with Crippen LogP contribution in [-0.4, -0.2) is 27.2 Å². The highest BCUT2D eigenvalue weighted by atomic mass is 16.3. The first-order valence-corrected chi connectivity index (χ1v) is 11.5. The first-order valence-electron chi connectivity index (χ1n) is 11.5. The molecular formula is C24H33NO3. The Morgan fingerprint density at radius 1 is 1.07 bits per heavy atom. The predicted molar refractivity (Wildman–Crippen MR) is 103 cm³/mol. The zero-order chi connectivity index (χ0) is 19.7. The number of nitrogens with zero attached hydrogens (tertiary/aromatic N) is 1. The Morgan fingerprint density at radius 2 is 1.82 bits per heavy atom. The van der Waals surface area contributed by atoms with Gasteiger partial charge in [-0.15, -0.1) is 0 Å². The maximum absolute atomic E-state index is 12.2. The van der Waals surface area contributed by atoms with E-state index in [9.17, 15) is 15.0 Å². The number of Topliss-reactive ketones (excluding diaryl/α,β-unsaturated/α-hetero) is 1. The van der Waals surface area contributed by atoms with E-state index >= 15 is 0 Å². The Hall–Kier alpha value is -0.920. The lowest BCUT2D eigenvalue weighted by Gasteiger charge is -2.64. The highest BCUT2D eigenvalue weighted by Crippen LogP contribution is 2.81. The first kappa shape index (κ1) is 17.9. The van der Waals surface area contributed by atoms with E-state index in [1.807, 2.05) is 0 Å². The summed E-state index contributed by atoms with van der Waals surface area (Å²) < 4.78 is 0. The highest BCUT2D eigenvalue weighted by molar-refractivity contribution is 5.81. The van der Waals surface area contributed by atoms with Crippen molar-refractivity contribution in [3.8, 4) is 6.07 Å². The van der Waals surface area contributed by atoms with Crippen molar-refractivity contribution >= 4 is 5.78 Å². The van der Waals surface area contributed by atoms with Gasteiger partial charge in [0.15, 0.2) is 0 Å². The van der Waals surface area contributed by atoms with E-state index in [4.69, 9.17) is 5.26 Å². The zero-order valence-electron chi connectivity index (χ0n) is 17.2. The van der Waals surface area contributed by atoms with Crippen molar-refractivity contribution in [1.29, 1.82) is 5.26 Å². The maximum atomic E-state index is 12.2. The number of hydrogen-bond acceptors (Lipinski definition) is 4. The summed E-state index contributed by atoms with van der Waals surface area (Å²) in [7, 11) is 0. The monoisotopic (exact) mass is 383 g/mol. The molecule has 0 radical (unpaired) electrons. The highest BCUT2D eigenvalue weighted by Gasteiger charge is 2.81. The van der Waals surface area contributed by atoms with Crippen LogP contribution in [0.25, 0.3) is 0 Å². The fourth-order valence-electron chi connectivity index (χ4n) is 9.82. The number of aliphatic hydroxyl groups is 2. The van der Waals surface area contributed by atoms with Crippen LogP contribution in [0.1, 0.15) is 71.6 Å². The van der Waals surface area contributed by atoms with E-state index in [1.54, 1.807) is 0 Å². The Kier molecular flexibility index (Phi) is 3.22. The average molecular weight is 384 g/mol. The number of hydrogen-bond donors (Lipinski definition) is 2. The molecule has 0 heterocycles. The van der Waals surface area contributed by atoms with E-state index in [0.29, 0.717) is 61.2 Å². The summed E-state index contributed by atoms with van der Waals surface area (Å²) in [5.41, 5.74) is -1.70. The van der Waals surface area contributed by atoms with Crippen molar-refractivity contribution in [1.82, 2.24) is 0 Å². The minimum Gasteiger partial charge on any atom is -0.389 e. The lowest BCUT2D eigenvalue weighted by molar-refractivity contribution is -0.223. The Morgan fingerprint density at radius 3 is 2.57 bits per heavy atom. The van der Waals surface area contributed by atoms with Gasteiger partial charge in [0.1, 0.15) is 5.78 Å². The van der Waals surface area contributed by atoms with Crippen LogP contribution in [-0.2, 0) is 4.79 Å². The summed E-state index contributed by atoms with van der Waals surface area (Å²) in [5.74, 6) is 3.68. The van der Waals surface area contributed by atoms with Gasteiger partial charge in [-0.3, -0.25) is 4.79 Å². The molecule has 0 spiro atoms. The van der Waals surface area contributed by atoms with Crippen LogP contribution in [0.3, 0.4) is 0 Å². The standard InChI is InChI=1S/C24H33NO3/c1-21-7-4-13(26)12-24(21,28)17-10-14(17)19-16(21)5-8-22(2)20(19)15-11-18(15)23(22,27)6-3-9-25/h14-20,27-28H,3-8,10-12H2,1-2H3/t14?,15-,16?,17-,18?,19?,20?,21-,22+,23+,24-/m1/s1. The molecule has 0 bridgehead atoms. The largest absolute Gasteiger partial charge is 0.389 e. The van der Waals surface area contributed by atoms with Crippen LogP contribution < -0.4 is 0 Å². The molecular weight excluding hydrogens is 350 g/mol. The molecule has 28 heavy (non-hydrogen) atoms. The van der Waals surface area contributed by atoms with Crippen molar-refractivity contribution in [2.24, 2.45) is 52.3 Å². The molecule has 6 fully saturated rings. The third-order valence-electron chi connectivity index (χ3n) is 11.3. The Balaban J connectivity index is 1.40. The maximum Gasteiger partial charge on any atom is 0.135 e. The van der Waals surface area contributed by atoms with Gasteiger partial charge in [-0.25, -0.2) is 0 Å². The molecule has 11 atom stereocenters. The molecule has 6 rings (SSSR count). The third-order valence-corrected chi connectivity index (χ3v) is 11.3. The number of fused-ring (bicyclic) bond motifs is 10. The second-order valence-electron chi connectivity index (χ2n) is 11.8. The summed E-state index contributed by atoms with van der Waals surface area (Å²) >= 11 is 0. The first-order chi connectivity index (χ1) is 13.2. The second kappa shape index (κ2) is 5.03. The summed E-state index contributed by atoms with van der Waals surface area (Å²) in [6, 6.07) is 2.27. The molecule has 2 N–H and O–H groups in total. The Bertz CT molecular complexity index is 804. The quantitative estimate of drug-likeness (QED) is 0.765. The fraction of sp³-hybridized carbons (Fsp3) is 0.917. The fourth-order valence-corrected chi connectivity index (χ4v) is 9.82. The topological polar surface area (TPSA) is 81.3 Å². The normalized spacial score (nSPS) is 63.2. The number of ketones is 1. The van der Waals surface area contributed by atoms with Gasteiger partial charge in [-0.2, -0.15) is 5.26 Å². The molecule has 0 amide bonds. The molecule has 0 aromatic rings. The molecule has 0 aromatic heterocycles.